The van der Waals surface area contributed by atoms with E-state index in [0.717, 1.165) is 39.8 Å². The van der Waals surface area contributed by atoms with Gasteiger partial charge in [0.2, 0.25) is 5.91 Å². The van der Waals surface area contributed by atoms with Crippen molar-refractivity contribution >= 4 is 27.5 Å². The number of halogens is 1. The zero-order chi connectivity index (χ0) is 19.1. The number of carbonyl (C=O) groups excluding carboxylic acids is 1. The van der Waals surface area contributed by atoms with E-state index in [4.69, 9.17) is 0 Å². The molecule has 1 aliphatic carbocycles. The first-order valence-electron chi connectivity index (χ1n) is 9.04. The van der Waals surface area contributed by atoms with Gasteiger partial charge in [0.1, 0.15) is 0 Å². The molecule has 1 aromatic carbocycles. The average molecular weight is 429 g/mol. The van der Waals surface area contributed by atoms with Crippen molar-refractivity contribution in [2.24, 2.45) is 0 Å². The largest absolute Gasteiger partial charge is 0.335 e. The number of H-pyrrole nitrogens is 1. The highest BCUT2D eigenvalue weighted by Gasteiger charge is 2.33. The number of nitrogens with zero attached hydrogens (tertiary/aromatic N) is 3. The Bertz CT molecular complexity index is 1080. The van der Waals surface area contributed by atoms with Gasteiger partial charge in [-0.05, 0) is 44.4 Å². The second-order valence-corrected chi connectivity index (χ2v) is 8.05. The smallest absolute Gasteiger partial charge is 0.266 e. The highest BCUT2D eigenvalue weighted by Crippen LogP contribution is 2.30. The number of carbonyl (C=O) groups is 1. The van der Waals surface area contributed by atoms with Gasteiger partial charge in [-0.25, -0.2) is 9.50 Å². The van der Waals surface area contributed by atoms with Gasteiger partial charge in [-0.1, -0.05) is 28.1 Å². The van der Waals surface area contributed by atoms with E-state index in [2.05, 4.69) is 32.1 Å². The minimum Gasteiger partial charge on any atom is -0.335 e. The zero-order valence-corrected chi connectivity index (χ0v) is 16.9. The van der Waals surface area contributed by atoms with Crippen LogP contribution in [0.15, 0.2) is 39.6 Å². The van der Waals surface area contributed by atoms with Gasteiger partial charge in [0, 0.05) is 40.1 Å². The van der Waals surface area contributed by atoms with Gasteiger partial charge in [-0.3, -0.25) is 14.7 Å². The summed E-state index contributed by atoms with van der Waals surface area (Å²) in [6.07, 6.45) is 2.39. The second-order valence-electron chi connectivity index (χ2n) is 7.13. The van der Waals surface area contributed by atoms with Crippen LogP contribution in [0.5, 0.6) is 0 Å². The summed E-state index contributed by atoms with van der Waals surface area (Å²) in [5.41, 5.74) is 4.02. The number of aryl methyl sites for hydroxylation is 2. The molecule has 1 amide bonds. The van der Waals surface area contributed by atoms with Crippen molar-refractivity contribution in [2.75, 3.05) is 0 Å². The molecule has 6 nitrogen and oxygen atoms in total. The molecule has 0 unspecified atom stereocenters. The van der Waals surface area contributed by atoms with Crippen LogP contribution in [0, 0.1) is 13.8 Å². The fraction of sp³-hybridized carbons (Fsp3) is 0.350. The Kier molecular flexibility index (Phi) is 4.63. The third kappa shape index (κ3) is 3.69. The first-order valence-corrected chi connectivity index (χ1v) is 9.83. The molecule has 0 radical (unpaired) electrons. The molecule has 7 heteroatoms. The Morgan fingerprint density at radius 3 is 2.81 bits per heavy atom. The predicted molar refractivity (Wildman–Crippen MR) is 107 cm³/mol. The van der Waals surface area contributed by atoms with Crippen molar-refractivity contribution in [3.63, 3.8) is 0 Å². The number of aromatic amines is 1. The number of rotatable bonds is 5. The van der Waals surface area contributed by atoms with Gasteiger partial charge < -0.3 is 4.90 Å². The molecule has 1 saturated carbocycles. The minimum atomic E-state index is -0.192. The monoisotopic (exact) mass is 428 g/mol. The molecule has 1 fully saturated rings. The van der Waals surface area contributed by atoms with Crippen LogP contribution in [-0.2, 0) is 17.8 Å². The SMILES string of the molecule is Cc1nc2cc(=O)[nH]n2c(C)c1CC(=O)N(Cc1cccc(Br)c1)C1CC1. The minimum absolute atomic E-state index is 0.0966. The van der Waals surface area contributed by atoms with Crippen LogP contribution >= 0.6 is 15.9 Å². The fourth-order valence-electron chi connectivity index (χ4n) is 3.50. The Labute approximate surface area is 165 Å². The van der Waals surface area contributed by atoms with Crippen LogP contribution < -0.4 is 5.56 Å². The third-order valence-electron chi connectivity index (χ3n) is 5.08. The highest BCUT2D eigenvalue weighted by atomic mass is 79.9. The summed E-state index contributed by atoms with van der Waals surface area (Å²) >= 11 is 3.50. The number of hydrogen-bond donors (Lipinski definition) is 1. The average Bonchev–Trinajstić information content (AvgIpc) is 3.38. The summed E-state index contributed by atoms with van der Waals surface area (Å²) in [7, 11) is 0. The van der Waals surface area contributed by atoms with Crippen LogP contribution in [0.25, 0.3) is 5.65 Å². The number of hydrogen-bond acceptors (Lipinski definition) is 3. The van der Waals surface area contributed by atoms with Crippen molar-refractivity contribution in [3.8, 4) is 0 Å². The number of aromatic nitrogens is 3. The quantitative estimate of drug-likeness (QED) is 0.678. The zero-order valence-electron chi connectivity index (χ0n) is 15.3. The number of fused-ring (bicyclic) bond motifs is 1. The maximum absolute atomic E-state index is 13.1. The van der Waals surface area contributed by atoms with E-state index in [0.29, 0.717) is 18.2 Å². The third-order valence-corrected chi connectivity index (χ3v) is 5.57. The van der Waals surface area contributed by atoms with Crippen molar-refractivity contribution in [1.29, 1.82) is 0 Å². The van der Waals surface area contributed by atoms with Crippen LogP contribution in [-0.4, -0.2) is 31.4 Å². The van der Waals surface area contributed by atoms with E-state index in [1.165, 1.54) is 6.07 Å². The molecule has 140 valence electrons. The van der Waals surface area contributed by atoms with Crippen molar-refractivity contribution in [3.05, 3.63) is 67.7 Å². The highest BCUT2D eigenvalue weighted by molar-refractivity contribution is 9.10. The van der Waals surface area contributed by atoms with Crippen LogP contribution in [0.1, 0.15) is 35.4 Å². The summed E-state index contributed by atoms with van der Waals surface area (Å²) in [4.78, 5) is 31.2. The van der Waals surface area contributed by atoms with E-state index in [-0.39, 0.29) is 17.9 Å². The molecule has 0 saturated heterocycles. The molecular weight excluding hydrogens is 408 g/mol. The van der Waals surface area contributed by atoms with Crippen LogP contribution in [0.2, 0.25) is 0 Å². The maximum atomic E-state index is 13.1. The summed E-state index contributed by atoms with van der Waals surface area (Å²) in [5.74, 6) is 0.0966. The summed E-state index contributed by atoms with van der Waals surface area (Å²) in [6, 6.07) is 9.86. The molecule has 0 atom stereocenters. The second kappa shape index (κ2) is 6.96. The topological polar surface area (TPSA) is 70.5 Å². The van der Waals surface area contributed by atoms with Gasteiger partial charge in [0.25, 0.3) is 5.56 Å². The lowest BCUT2D eigenvalue weighted by molar-refractivity contribution is -0.131. The van der Waals surface area contributed by atoms with E-state index in [1.54, 1.807) is 4.52 Å². The maximum Gasteiger partial charge on any atom is 0.266 e. The molecule has 1 aliphatic rings. The van der Waals surface area contributed by atoms with Gasteiger partial charge in [-0.2, -0.15) is 0 Å². The normalized spacial score (nSPS) is 13.9. The van der Waals surface area contributed by atoms with E-state index >= 15 is 0 Å². The first-order chi connectivity index (χ1) is 12.9. The van der Waals surface area contributed by atoms with E-state index in [9.17, 15) is 9.59 Å². The molecule has 3 aromatic rings. The summed E-state index contributed by atoms with van der Waals surface area (Å²) in [5, 5.41) is 2.75. The first kappa shape index (κ1) is 18.0. The fourth-order valence-corrected chi connectivity index (χ4v) is 3.95. The molecule has 2 aromatic heterocycles. The molecule has 2 heterocycles. The van der Waals surface area contributed by atoms with Crippen molar-refractivity contribution in [2.45, 2.75) is 45.7 Å². The van der Waals surface area contributed by atoms with Gasteiger partial charge in [-0.15, -0.1) is 0 Å². The molecule has 0 spiro atoms. The molecule has 4 rings (SSSR count). The molecule has 0 aliphatic heterocycles. The molecule has 27 heavy (non-hydrogen) atoms. The standard InChI is InChI=1S/C20H21BrN4O2/c1-12-17(13(2)25-18(22-12)10-19(26)23-25)9-20(27)24(16-6-7-16)11-14-4-3-5-15(21)8-14/h3-5,8,10,16H,6-7,9,11H2,1-2H3,(H,23,26). The summed E-state index contributed by atoms with van der Waals surface area (Å²) in [6.45, 7) is 4.41. The predicted octanol–water partition coefficient (Wildman–Crippen LogP) is 3.14. The van der Waals surface area contributed by atoms with Crippen LogP contribution in [0.3, 0.4) is 0 Å². The molecule has 0 bridgehead atoms. The summed E-state index contributed by atoms with van der Waals surface area (Å²) < 4.78 is 2.68. The lowest BCUT2D eigenvalue weighted by Gasteiger charge is -2.23. The van der Waals surface area contributed by atoms with Crippen LogP contribution in [0.4, 0.5) is 0 Å². The number of nitrogens with one attached hydrogen (secondary N) is 1. The van der Waals surface area contributed by atoms with Crippen molar-refractivity contribution in [1.82, 2.24) is 19.5 Å². The lowest BCUT2D eigenvalue weighted by atomic mass is 10.1. The number of amides is 1. The van der Waals surface area contributed by atoms with Gasteiger partial charge >= 0.3 is 0 Å². The Morgan fingerprint density at radius 1 is 1.33 bits per heavy atom. The van der Waals surface area contributed by atoms with Gasteiger partial charge in [0.05, 0.1) is 6.42 Å². The molecular formula is C20H21BrN4O2. The lowest BCUT2D eigenvalue weighted by Crippen LogP contribution is -2.34. The van der Waals surface area contributed by atoms with E-state index in [1.807, 2.05) is 36.9 Å². The Hall–Kier alpha value is -2.41. The van der Waals surface area contributed by atoms with E-state index < -0.39 is 0 Å². The molecule has 1 N–H and O–H groups in total. The van der Waals surface area contributed by atoms with Crippen molar-refractivity contribution < 1.29 is 4.79 Å². The Balaban J connectivity index is 1.61. The Morgan fingerprint density at radius 2 is 2.11 bits per heavy atom. The number of benzene rings is 1. The van der Waals surface area contributed by atoms with Gasteiger partial charge in [0.15, 0.2) is 5.65 Å².